The molecule has 186 valence electrons. The average Bonchev–Trinajstić information content (AvgIpc) is 2.74. The van der Waals surface area contributed by atoms with Crippen molar-refractivity contribution < 1.29 is 14.2 Å². The van der Waals surface area contributed by atoms with Gasteiger partial charge < -0.3 is 4.57 Å². The molecule has 0 saturated carbocycles. The predicted octanol–water partition coefficient (Wildman–Crippen LogP) is 8.61. The molecule has 3 nitrogen and oxygen atoms in total. The molecule has 0 bridgehead atoms. The second-order valence-corrected chi connectivity index (χ2v) is 13.0. The summed E-state index contributed by atoms with van der Waals surface area (Å²) in [6.07, 6.45) is 6.39. The number of hydrogen-bond acceptors (Lipinski definition) is 3. The Morgan fingerprint density at radius 3 is 1.29 bits per heavy atom. The summed E-state index contributed by atoms with van der Waals surface area (Å²) in [5, 5.41) is 0. The SMILES string of the molecule is CCCCc1cc(C)c(C(=O)P(=O)(CC(C)C)C(=O)c2c(C)cc(CCCC)cc2C)c(C)c1. The second kappa shape index (κ2) is 12.1. The second-order valence-electron chi connectivity index (χ2n) is 10.3. The van der Waals surface area contributed by atoms with Crippen LogP contribution in [-0.2, 0) is 17.4 Å². The van der Waals surface area contributed by atoms with Crippen molar-refractivity contribution >= 4 is 18.2 Å². The van der Waals surface area contributed by atoms with Gasteiger partial charge in [0.15, 0.2) is 0 Å². The van der Waals surface area contributed by atoms with Crippen molar-refractivity contribution in [1.82, 2.24) is 0 Å². The molecule has 0 heterocycles. The van der Waals surface area contributed by atoms with E-state index in [1.165, 1.54) is 11.1 Å². The van der Waals surface area contributed by atoms with E-state index in [0.29, 0.717) is 11.1 Å². The Labute approximate surface area is 207 Å². The number of aryl methyl sites for hydroxylation is 6. The number of carbonyl (C=O) groups excluding carboxylic acids is 2. The Hall–Kier alpha value is -1.99. The summed E-state index contributed by atoms with van der Waals surface area (Å²) in [4.78, 5) is 27.9. The molecule has 0 aliphatic heterocycles. The van der Waals surface area contributed by atoms with Crippen molar-refractivity contribution in [3.8, 4) is 0 Å². The van der Waals surface area contributed by atoms with Crippen molar-refractivity contribution in [3.05, 3.63) is 68.8 Å². The number of rotatable bonds is 12. The Morgan fingerprint density at radius 1 is 0.706 bits per heavy atom. The van der Waals surface area contributed by atoms with E-state index in [1.807, 2.05) is 65.8 Å². The van der Waals surface area contributed by atoms with Crippen LogP contribution in [0.25, 0.3) is 0 Å². The highest BCUT2D eigenvalue weighted by molar-refractivity contribution is 7.95. The van der Waals surface area contributed by atoms with E-state index < -0.39 is 18.2 Å². The fraction of sp³-hybridized carbons (Fsp3) is 0.533. The van der Waals surface area contributed by atoms with Crippen LogP contribution in [0.3, 0.4) is 0 Å². The summed E-state index contributed by atoms with van der Waals surface area (Å²) in [7, 11) is -3.86. The Balaban J connectivity index is 2.58. The smallest absolute Gasteiger partial charge is 0.229 e. The van der Waals surface area contributed by atoms with Crippen LogP contribution in [-0.4, -0.2) is 17.2 Å². The van der Waals surface area contributed by atoms with Gasteiger partial charge in [0.05, 0.1) is 0 Å². The topological polar surface area (TPSA) is 51.2 Å². The molecule has 0 radical (unpaired) electrons. The lowest BCUT2D eigenvalue weighted by Gasteiger charge is -2.22. The van der Waals surface area contributed by atoms with Gasteiger partial charge in [0.25, 0.3) is 0 Å². The highest BCUT2D eigenvalue weighted by atomic mass is 31.2. The lowest BCUT2D eigenvalue weighted by Crippen LogP contribution is -2.19. The van der Waals surface area contributed by atoms with Crippen molar-refractivity contribution in [1.29, 1.82) is 0 Å². The van der Waals surface area contributed by atoms with Gasteiger partial charge in [-0.2, -0.15) is 0 Å². The van der Waals surface area contributed by atoms with Gasteiger partial charge in [-0.3, -0.25) is 9.59 Å². The van der Waals surface area contributed by atoms with E-state index >= 15 is 0 Å². The third-order valence-electron chi connectivity index (χ3n) is 6.53. The van der Waals surface area contributed by atoms with Crippen LogP contribution in [0, 0.1) is 33.6 Å². The Morgan fingerprint density at radius 2 is 1.03 bits per heavy atom. The van der Waals surface area contributed by atoms with Gasteiger partial charge in [0.1, 0.15) is 0 Å². The van der Waals surface area contributed by atoms with Gasteiger partial charge in [0, 0.05) is 17.3 Å². The molecule has 2 aromatic rings. The summed E-state index contributed by atoms with van der Waals surface area (Å²) in [6, 6.07) is 8.11. The summed E-state index contributed by atoms with van der Waals surface area (Å²) in [5.74, 6) is -0.0346. The highest BCUT2D eigenvalue weighted by Gasteiger charge is 2.43. The van der Waals surface area contributed by atoms with Crippen molar-refractivity contribution in [2.24, 2.45) is 5.92 Å². The highest BCUT2D eigenvalue weighted by Crippen LogP contribution is 2.54. The molecular weight excluding hydrogens is 439 g/mol. The van der Waals surface area contributed by atoms with Crippen LogP contribution >= 0.6 is 7.14 Å². The minimum atomic E-state index is -3.86. The molecule has 0 spiro atoms. The molecule has 34 heavy (non-hydrogen) atoms. The molecule has 0 amide bonds. The van der Waals surface area contributed by atoms with Gasteiger partial charge in [-0.05, 0) is 92.7 Å². The fourth-order valence-electron chi connectivity index (χ4n) is 4.97. The van der Waals surface area contributed by atoms with Crippen LogP contribution in [0.5, 0.6) is 0 Å². The van der Waals surface area contributed by atoms with Crippen LogP contribution < -0.4 is 0 Å². The summed E-state index contributed by atoms with van der Waals surface area (Å²) in [5.41, 5.74) is 5.62. The first kappa shape index (κ1) is 28.2. The van der Waals surface area contributed by atoms with E-state index in [4.69, 9.17) is 0 Å². The zero-order chi connectivity index (χ0) is 25.6. The molecule has 0 atom stereocenters. The summed E-state index contributed by atoms with van der Waals surface area (Å²) < 4.78 is 14.4. The van der Waals surface area contributed by atoms with Crippen LogP contribution in [0.2, 0.25) is 0 Å². The third kappa shape index (κ3) is 6.36. The monoisotopic (exact) mass is 482 g/mol. The van der Waals surface area contributed by atoms with Crippen molar-refractivity contribution in [3.63, 3.8) is 0 Å². The molecular formula is C30H43O3P. The normalized spacial score (nSPS) is 11.8. The maximum atomic E-state index is 14.4. The molecule has 0 aromatic heterocycles. The van der Waals surface area contributed by atoms with E-state index in [9.17, 15) is 14.2 Å². The van der Waals surface area contributed by atoms with E-state index in [-0.39, 0.29) is 12.1 Å². The summed E-state index contributed by atoms with van der Waals surface area (Å²) in [6.45, 7) is 15.8. The molecule has 2 rings (SSSR count). The van der Waals surface area contributed by atoms with Crippen LogP contribution in [0.4, 0.5) is 0 Å². The minimum Gasteiger partial charge on any atom is -0.307 e. The molecule has 0 fully saturated rings. The van der Waals surface area contributed by atoms with Crippen LogP contribution in [0.1, 0.15) is 107 Å². The quantitative estimate of drug-likeness (QED) is 0.285. The molecule has 0 aliphatic carbocycles. The van der Waals surface area contributed by atoms with E-state index in [1.54, 1.807) is 0 Å². The summed E-state index contributed by atoms with van der Waals surface area (Å²) >= 11 is 0. The largest absolute Gasteiger partial charge is 0.307 e. The average molecular weight is 483 g/mol. The maximum absolute atomic E-state index is 14.4. The number of carbonyl (C=O) groups is 2. The molecule has 0 saturated heterocycles. The first-order valence-electron chi connectivity index (χ1n) is 12.8. The van der Waals surface area contributed by atoms with E-state index in [2.05, 4.69) is 13.8 Å². The van der Waals surface area contributed by atoms with Gasteiger partial charge in [-0.15, -0.1) is 0 Å². The van der Waals surface area contributed by atoms with Crippen molar-refractivity contribution in [2.75, 3.05) is 6.16 Å². The van der Waals surface area contributed by atoms with Gasteiger partial charge in [-0.1, -0.05) is 64.8 Å². The molecule has 0 aliphatic rings. The minimum absolute atomic E-state index is 0.0346. The lowest BCUT2D eigenvalue weighted by atomic mass is 9.97. The zero-order valence-electron chi connectivity index (χ0n) is 22.5. The Bertz CT molecular complexity index is 969. The number of benzene rings is 2. The van der Waals surface area contributed by atoms with Gasteiger partial charge in [0.2, 0.25) is 18.2 Å². The first-order chi connectivity index (χ1) is 16.0. The third-order valence-corrected chi connectivity index (χ3v) is 9.53. The zero-order valence-corrected chi connectivity index (χ0v) is 23.4. The fourth-order valence-corrected chi connectivity index (χ4v) is 7.94. The molecule has 0 N–H and O–H groups in total. The Kier molecular flexibility index (Phi) is 10.1. The van der Waals surface area contributed by atoms with Crippen LogP contribution in [0.15, 0.2) is 24.3 Å². The lowest BCUT2D eigenvalue weighted by molar-refractivity contribution is 0.103. The first-order valence-corrected chi connectivity index (χ1v) is 14.7. The molecule has 2 aromatic carbocycles. The van der Waals surface area contributed by atoms with Gasteiger partial charge >= 0.3 is 0 Å². The number of hydrogen-bond donors (Lipinski definition) is 0. The standard InChI is InChI=1S/C30H43O3P/c1-9-11-13-25-15-21(5)27(22(6)16-25)29(31)34(33,19-20(3)4)30(32)28-23(7)17-26(14-12-10-2)18-24(28)8/h15-18,20H,9-14,19H2,1-8H3. The van der Waals surface area contributed by atoms with Crippen molar-refractivity contribution in [2.45, 2.75) is 93.9 Å². The van der Waals surface area contributed by atoms with E-state index in [0.717, 1.165) is 60.8 Å². The van der Waals surface area contributed by atoms with Gasteiger partial charge in [-0.25, -0.2) is 0 Å². The maximum Gasteiger partial charge on any atom is 0.229 e. The molecule has 4 heteroatoms. The predicted molar refractivity (Wildman–Crippen MR) is 145 cm³/mol. The number of unbranched alkanes of at least 4 members (excludes halogenated alkanes) is 2. The molecule has 0 unspecified atom stereocenters.